The summed E-state index contributed by atoms with van der Waals surface area (Å²) in [5, 5.41) is 0. The predicted molar refractivity (Wildman–Crippen MR) is 110 cm³/mol. The lowest BCUT2D eigenvalue weighted by Crippen LogP contribution is -2.30. The number of alkyl halides is 3. The zero-order chi connectivity index (χ0) is 23.0. The van der Waals surface area contributed by atoms with E-state index in [1.165, 1.54) is 31.4 Å². The number of hydrogen-bond donors (Lipinski definition) is 0. The van der Waals surface area contributed by atoms with Gasteiger partial charge in [0.25, 0.3) is 0 Å². The Hall–Kier alpha value is -2.18. The second-order valence-electron chi connectivity index (χ2n) is 9.17. The molecule has 0 amide bonds. The van der Waals surface area contributed by atoms with Crippen LogP contribution in [0.4, 0.5) is 26.3 Å². The molecule has 4 atom stereocenters. The van der Waals surface area contributed by atoms with Crippen LogP contribution in [-0.4, -0.2) is 6.36 Å². The fourth-order valence-corrected chi connectivity index (χ4v) is 5.63. The summed E-state index contributed by atoms with van der Waals surface area (Å²) in [6.07, 6.45) is 2.62. The average molecular weight is 456 g/mol. The van der Waals surface area contributed by atoms with Crippen LogP contribution in [0.15, 0.2) is 30.3 Å². The fourth-order valence-electron chi connectivity index (χ4n) is 5.63. The largest absolute Gasteiger partial charge is 0.573 e. The second-order valence-corrected chi connectivity index (χ2v) is 9.17. The van der Waals surface area contributed by atoms with Crippen LogP contribution < -0.4 is 4.74 Å². The summed E-state index contributed by atoms with van der Waals surface area (Å²) in [5.41, 5.74) is -0.0409. The van der Waals surface area contributed by atoms with E-state index in [1.54, 1.807) is 0 Å². The summed E-state index contributed by atoms with van der Waals surface area (Å²) >= 11 is 0. The molecule has 4 rings (SSSR count). The minimum Gasteiger partial charge on any atom is -0.403 e. The Balaban J connectivity index is 1.54. The van der Waals surface area contributed by atoms with E-state index in [0.717, 1.165) is 43.7 Å². The second kappa shape index (κ2) is 8.99. The van der Waals surface area contributed by atoms with Gasteiger partial charge in [0.05, 0.1) is 5.56 Å². The zero-order valence-electron chi connectivity index (χ0n) is 17.8. The fraction of sp³-hybridized carbons (Fsp3) is 0.520. The molecule has 0 aliphatic heterocycles. The van der Waals surface area contributed by atoms with Gasteiger partial charge in [-0.15, -0.1) is 13.2 Å². The third-order valence-electron chi connectivity index (χ3n) is 7.28. The van der Waals surface area contributed by atoms with Gasteiger partial charge in [-0.3, -0.25) is 0 Å². The maximum atomic E-state index is 14.9. The molecular formula is C25H26F6O. The van der Waals surface area contributed by atoms with Crippen LogP contribution in [0.25, 0.3) is 11.1 Å². The number of ether oxygens (including phenoxy) is 1. The molecule has 0 saturated heterocycles. The normalized spacial score (nSPS) is 26.0. The third kappa shape index (κ3) is 4.91. The molecule has 2 aromatic rings. The molecule has 1 unspecified atom stereocenters. The van der Waals surface area contributed by atoms with Gasteiger partial charge in [-0.05, 0) is 91.2 Å². The Bertz CT molecular complexity index is 946. The van der Waals surface area contributed by atoms with Crippen molar-refractivity contribution in [1.82, 2.24) is 0 Å². The number of fused-ring (bicyclic) bond motifs is 1. The molecule has 0 aromatic heterocycles. The Morgan fingerprint density at radius 3 is 2.12 bits per heavy atom. The van der Waals surface area contributed by atoms with Crippen molar-refractivity contribution in [2.75, 3.05) is 0 Å². The molecule has 0 spiro atoms. The molecule has 0 heterocycles. The van der Waals surface area contributed by atoms with Crippen molar-refractivity contribution in [3.8, 4) is 16.9 Å². The molecule has 7 heteroatoms. The number of halogens is 6. The van der Waals surface area contributed by atoms with Crippen molar-refractivity contribution in [1.29, 1.82) is 0 Å². The summed E-state index contributed by atoms with van der Waals surface area (Å²) < 4.78 is 84.4. The first-order valence-electron chi connectivity index (χ1n) is 11.2. The molecule has 2 aliphatic rings. The molecule has 174 valence electrons. The van der Waals surface area contributed by atoms with Gasteiger partial charge in [0.1, 0.15) is 11.6 Å². The van der Waals surface area contributed by atoms with E-state index in [1.807, 2.05) is 0 Å². The van der Waals surface area contributed by atoms with E-state index in [0.29, 0.717) is 23.5 Å². The van der Waals surface area contributed by atoms with Crippen molar-refractivity contribution < 1.29 is 31.1 Å². The highest BCUT2D eigenvalue weighted by atomic mass is 19.4. The van der Waals surface area contributed by atoms with Gasteiger partial charge in [-0.2, -0.15) is 0 Å². The quantitative estimate of drug-likeness (QED) is 0.420. The van der Waals surface area contributed by atoms with Crippen LogP contribution in [0.3, 0.4) is 0 Å². The molecule has 1 nitrogen and oxygen atoms in total. The predicted octanol–water partition coefficient (Wildman–Crippen LogP) is 8.38. The first kappa shape index (κ1) is 23.0. The molecule has 0 radical (unpaired) electrons. The Morgan fingerprint density at radius 2 is 1.50 bits per heavy atom. The lowest BCUT2D eigenvalue weighted by atomic mass is 9.63. The Morgan fingerprint density at radius 1 is 0.844 bits per heavy atom. The lowest BCUT2D eigenvalue weighted by Gasteiger charge is -2.42. The molecule has 2 aromatic carbocycles. The topological polar surface area (TPSA) is 9.23 Å². The van der Waals surface area contributed by atoms with Crippen LogP contribution >= 0.6 is 0 Å². The maximum absolute atomic E-state index is 14.9. The van der Waals surface area contributed by atoms with Gasteiger partial charge in [-0.1, -0.05) is 25.8 Å². The van der Waals surface area contributed by atoms with Crippen molar-refractivity contribution in [2.45, 2.75) is 64.1 Å². The first-order chi connectivity index (χ1) is 15.1. The smallest absolute Gasteiger partial charge is 0.403 e. The zero-order valence-corrected chi connectivity index (χ0v) is 17.8. The first-order valence-corrected chi connectivity index (χ1v) is 11.2. The summed E-state index contributed by atoms with van der Waals surface area (Å²) in [4.78, 5) is 0. The molecule has 2 fully saturated rings. The third-order valence-corrected chi connectivity index (χ3v) is 7.28. The van der Waals surface area contributed by atoms with Crippen LogP contribution in [0, 0.1) is 35.2 Å². The van der Waals surface area contributed by atoms with Crippen molar-refractivity contribution in [3.63, 3.8) is 0 Å². The van der Waals surface area contributed by atoms with Gasteiger partial charge in [0, 0.05) is 0 Å². The van der Waals surface area contributed by atoms with E-state index in [2.05, 4.69) is 11.7 Å². The Kier molecular flexibility index (Phi) is 6.46. The van der Waals surface area contributed by atoms with Crippen LogP contribution in [0.5, 0.6) is 5.75 Å². The lowest BCUT2D eigenvalue weighted by molar-refractivity contribution is -0.275. The molecule has 0 bridgehead atoms. The van der Waals surface area contributed by atoms with Gasteiger partial charge >= 0.3 is 6.36 Å². The van der Waals surface area contributed by atoms with Crippen LogP contribution in [0.1, 0.15) is 63.4 Å². The van der Waals surface area contributed by atoms with E-state index in [-0.39, 0.29) is 11.5 Å². The number of rotatable bonds is 4. The number of hydrogen-bond acceptors (Lipinski definition) is 1. The molecular weight excluding hydrogens is 430 g/mol. The van der Waals surface area contributed by atoms with E-state index >= 15 is 0 Å². The summed E-state index contributed by atoms with van der Waals surface area (Å²) in [6.45, 7) is 2.23. The van der Waals surface area contributed by atoms with E-state index < -0.39 is 35.1 Å². The van der Waals surface area contributed by atoms with E-state index in [9.17, 15) is 26.3 Å². The highest BCUT2D eigenvalue weighted by Gasteiger charge is 2.36. The standard InChI is InChI=1S/C25H26F6O/c1-2-14-3-4-16-10-17(6-5-15(16)9-14)19-12-21(27)24(22(28)13-19)18-7-8-23(20(26)11-18)32-25(29,30)31/h7-8,11-17H,2-6,9-10H2,1H3/t14?,15-,16-,17-/m1/s1. The van der Waals surface area contributed by atoms with Gasteiger partial charge in [0.15, 0.2) is 11.6 Å². The maximum Gasteiger partial charge on any atom is 0.573 e. The minimum absolute atomic E-state index is 0.0757. The van der Waals surface area contributed by atoms with Gasteiger partial charge in [-0.25, -0.2) is 13.2 Å². The van der Waals surface area contributed by atoms with E-state index in [4.69, 9.17) is 0 Å². The highest BCUT2D eigenvalue weighted by molar-refractivity contribution is 5.66. The monoisotopic (exact) mass is 456 g/mol. The van der Waals surface area contributed by atoms with Crippen molar-refractivity contribution >= 4 is 0 Å². The SMILES string of the molecule is CCC1CC[C@@H]2C[C@H](c3cc(F)c(-c4ccc(OC(F)(F)F)c(F)c4)c(F)c3)CC[C@@H]2C1. The highest BCUT2D eigenvalue weighted by Crippen LogP contribution is 2.48. The Labute approximate surface area is 183 Å². The van der Waals surface area contributed by atoms with Crippen LogP contribution in [-0.2, 0) is 0 Å². The summed E-state index contributed by atoms with van der Waals surface area (Å²) in [7, 11) is 0. The average Bonchev–Trinajstić information content (AvgIpc) is 2.73. The van der Waals surface area contributed by atoms with Crippen molar-refractivity contribution in [3.05, 3.63) is 53.3 Å². The molecule has 32 heavy (non-hydrogen) atoms. The molecule has 0 N–H and O–H groups in total. The van der Waals surface area contributed by atoms with Crippen molar-refractivity contribution in [2.24, 2.45) is 17.8 Å². The summed E-state index contributed by atoms with van der Waals surface area (Å²) in [6, 6.07) is 4.97. The summed E-state index contributed by atoms with van der Waals surface area (Å²) in [5.74, 6) is -1.95. The van der Waals surface area contributed by atoms with Gasteiger partial charge in [0.2, 0.25) is 0 Å². The molecule has 2 saturated carbocycles. The minimum atomic E-state index is -5.06. The van der Waals surface area contributed by atoms with Crippen LogP contribution in [0.2, 0.25) is 0 Å². The van der Waals surface area contributed by atoms with Gasteiger partial charge < -0.3 is 4.74 Å². The number of benzene rings is 2. The molecule has 2 aliphatic carbocycles.